The van der Waals surface area contributed by atoms with E-state index in [-0.39, 0.29) is 12.4 Å². The van der Waals surface area contributed by atoms with Crippen LogP contribution in [0.25, 0.3) is 0 Å². The van der Waals surface area contributed by atoms with E-state index in [9.17, 15) is 4.79 Å². The van der Waals surface area contributed by atoms with Gasteiger partial charge in [-0.15, -0.1) is 0 Å². The molecule has 12 heavy (non-hydrogen) atoms. The maximum Gasteiger partial charge on any atom is 0.305 e. The Morgan fingerprint density at radius 3 is 2.83 bits per heavy atom. The van der Waals surface area contributed by atoms with Crippen molar-refractivity contribution in [2.45, 2.75) is 52.3 Å². The van der Waals surface area contributed by atoms with Gasteiger partial charge in [-0.2, -0.15) is 0 Å². The van der Waals surface area contributed by atoms with E-state index < -0.39 is 6.85 Å². The molecule has 0 heterocycles. The van der Waals surface area contributed by atoms with Crippen molar-refractivity contribution in [1.29, 1.82) is 0 Å². The van der Waals surface area contributed by atoms with Gasteiger partial charge in [-0.25, -0.2) is 0 Å². The average molecular weight is 175 g/mol. The molecule has 2 nitrogen and oxygen atoms in total. The van der Waals surface area contributed by atoms with Crippen LogP contribution in [0.1, 0.15) is 56.4 Å². The highest BCUT2D eigenvalue weighted by molar-refractivity contribution is 5.69. The third kappa shape index (κ3) is 7.58. The number of carbonyl (C=O) groups is 1. The van der Waals surface area contributed by atoms with Gasteiger partial charge in [0.05, 0.1) is 6.61 Å². The Morgan fingerprint density at radius 1 is 1.33 bits per heavy atom. The van der Waals surface area contributed by atoms with Gasteiger partial charge >= 0.3 is 5.97 Å². The molecule has 0 amide bonds. The van der Waals surface area contributed by atoms with E-state index in [0.717, 1.165) is 12.8 Å². The van der Waals surface area contributed by atoms with E-state index in [1.54, 1.807) is 0 Å². The molecule has 0 aromatic rings. The molecule has 0 radical (unpaired) electrons. The van der Waals surface area contributed by atoms with Gasteiger partial charge in [-0.05, 0) is 12.8 Å². The Labute approximate surface area is 79.5 Å². The number of carbonyl (C=O) groups excluding carboxylic acids is 1. The topological polar surface area (TPSA) is 26.3 Å². The number of hydrogen-bond acceptors (Lipinski definition) is 2. The smallest absolute Gasteiger partial charge is 0.305 e. The van der Waals surface area contributed by atoms with Crippen molar-refractivity contribution >= 4 is 5.97 Å². The molecule has 0 spiro atoms. The molecular formula is C10H20O2. The summed E-state index contributed by atoms with van der Waals surface area (Å²) in [4.78, 5) is 11.1. The lowest BCUT2D eigenvalue weighted by atomic mass is 10.2. The molecule has 2 heteroatoms. The molecule has 0 unspecified atom stereocenters. The summed E-state index contributed by atoms with van der Waals surface area (Å²) in [5, 5.41) is 0. The Kier molecular flexibility index (Phi) is 4.95. The van der Waals surface area contributed by atoms with E-state index in [1.165, 1.54) is 0 Å². The molecule has 0 aromatic heterocycles. The van der Waals surface area contributed by atoms with Crippen molar-refractivity contribution in [3.63, 3.8) is 0 Å². The second kappa shape index (κ2) is 8.57. The lowest BCUT2D eigenvalue weighted by Crippen LogP contribution is -2.05. The minimum Gasteiger partial charge on any atom is -0.466 e. The summed E-state index contributed by atoms with van der Waals surface area (Å²) in [6, 6.07) is 0. The number of hydrogen-bond donors (Lipinski definition) is 0. The average Bonchev–Trinajstić information content (AvgIpc) is 2.11. The normalized spacial score (nSPS) is 14.6. The Balaban J connectivity index is 3.32. The van der Waals surface area contributed by atoms with E-state index >= 15 is 0 Å². The third-order valence-electron chi connectivity index (χ3n) is 1.57. The van der Waals surface area contributed by atoms with Gasteiger partial charge in [0.25, 0.3) is 0 Å². The quantitative estimate of drug-likeness (QED) is 0.439. The monoisotopic (exact) mass is 175 g/mol. The summed E-state index contributed by atoms with van der Waals surface area (Å²) in [6.45, 7) is 0.644. The molecular weight excluding hydrogens is 152 g/mol. The summed E-state index contributed by atoms with van der Waals surface area (Å²) in [5.74, 6) is -0.214. The van der Waals surface area contributed by atoms with Crippen LogP contribution in [0, 0.1) is 0 Å². The second-order valence-electron chi connectivity index (χ2n) is 2.78. The van der Waals surface area contributed by atoms with E-state index in [1.807, 2.05) is 6.92 Å². The number of rotatable bonds is 7. The van der Waals surface area contributed by atoms with Crippen LogP contribution in [0.5, 0.6) is 0 Å². The zero-order valence-corrected chi connectivity index (χ0v) is 7.77. The van der Waals surface area contributed by atoms with Crippen molar-refractivity contribution in [3.05, 3.63) is 0 Å². The Morgan fingerprint density at radius 2 is 2.17 bits per heavy atom. The van der Waals surface area contributed by atoms with Crippen LogP contribution in [0.15, 0.2) is 0 Å². The maximum atomic E-state index is 11.1. The number of unbranched alkanes of at least 4 members (excludes halogenated alkanes) is 2. The molecule has 0 aliphatic heterocycles. The highest BCUT2D eigenvalue weighted by Gasteiger charge is 2.00. The molecule has 0 aromatic carbocycles. The molecule has 0 saturated carbocycles. The first-order valence-corrected chi connectivity index (χ1v) is 4.61. The largest absolute Gasteiger partial charge is 0.466 e. The summed E-state index contributed by atoms with van der Waals surface area (Å²) in [5.41, 5.74) is 0. The van der Waals surface area contributed by atoms with E-state index in [4.69, 9.17) is 8.85 Å². The highest BCUT2D eigenvalue weighted by Crippen LogP contribution is 2.00. The van der Waals surface area contributed by atoms with Gasteiger partial charge in [0, 0.05) is 10.5 Å². The van der Waals surface area contributed by atoms with Gasteiger partial charge < -0.3 is 4.74 Å². The summed E-state index contributed by atoms with van der Waals surface area (Å²) in [7, 11) is 0. The Bertz CT molecular complexity index is 178. The first kappa shape index (κ1) is 6.93. The fourth-order valence-electron chi connectivity index (χ4n) is 0.797. The van der Waals surface area contributed by atoms with Gasteiger partial charge in [-0.1, -0.05) is 33.0 Å². The SMILES string of the molecule is [2H]C([2H])([2H])CCCCC(=O)OCCCC. The van der Waals surface area contributed by atoms with Crippen LogP contribution in [0.2, 0.25) is 0 Å². The van der Waals surface area contributed by atoms with Crippen molar-refractivity contribution in [3.8, 4) is 0 Å². The van der Waals surface area contributed by atoms with Gasteiger partial charge in [0.15, 0.2) is 0 Å². The summed E-state index contributed by atoms with van der Waals surface area (Å²) >= 11 is 0. The van der Waals surface area contributed by atoms with Crippen LogP contribution in [0.4, 0.5) is 0 Å². The first-order valence-electron chi connectivity index (χ1n) is 6.11. The molecule has 0 aliphatic rings. The second-order valence-corrected chi connectivity index (χ2v) is 2.78. The number of esters is 1. The number of ether oxygens (including phenoxy) is 1. The minimum absolute atomic E-state index is 0.176. The molecule has 72 valence electrons. The van der Waals surface area contributed by atoms with Gasteiger partial charge in [0.1, 0.15) is 0 Å². The zero-order chi connectivity index (χ0) is 11.7. The molecule has 0 rings (SSSR count). The molecule has 0 bridgehead atoms. The fourth-order valence-corrected chi connectivity index (χ4v) is 0.797. The van der Waals surface area contributed by atoms with Crippen LogP contribution < -0.4 is 0 Å². The van der Waals surface area contributed by atoms with Crippen molar-refractivity contribution in [1.82, 2.24) is 0 Å². The van der Waals surface area contributed by atoms with Crippen molar-refractivity contribution in [2.75, 3.05) is 6.61 Å². The molecule has 0 aliphatic carbocycles. The van der Waals surface area contributed by atoms with Crippen LogP contribution in [-0.4, -0.2) is 12.6 Å². The van der Waals surface area contributed by atoms with Crippen molar-refractivity contribution < 1.29 is 13.6 Å². The van der Waals surface area contributed by atoms with Crippen LogP contribution >= 0.6 is 0 Å². The van der Waals surface area contributed by atoms with E-state index in [0.29, 0.717) is 25.9 Å². The van der Waals surface area contributed by atoms with Crippen molar-refractivity contribution in [2.24, 2.45) is 0 Å². The minimum atomic E-state index is -1.87. The fraction of sp³-hybridized carbons (Fsp3) is 0.900. The van der Waals surface area contributed by atoms with E-state index in [2.05, 4.69) is 0 Å². The summed E-state index contributed by atoms with van der Waals surface area (Å²) in [6.07, 6.45) is 3.56. The van der Waals surface area contributed by atoms with Crippen LogP contribution in [-0.2, 0) is 9.53 Å². The standard InChI is InChI=1S/C10H20O2/c1-3-5-7-8-10(11)12-9-6-4-2/h3-9H2,1-2H3/i1D3. The van der Waals surface area contributed by atoms with Gasteiger partial charge in [-0.3, -0.25) is 4.79 Å². The maximum absolute atomic E-state index is 11.1. The summed E-state index contributed by atoms with van der Waals surface area (Å²) < 4.78 is 25.8. The third-order valence-corrected chi connectivity index (χ3v) is 1.57. The van der Waals surface area contributed by atoms with Crippen LogP contribution in [0.3, 0.4) is 0 Å². The zero-order valence-electron chi connectivity index (χ0n) is 10.8. The molecule has 0 atom stereocenters. The van der Waals surface area contributed by atoms with Gasteiger partial charge in [0.2, 0.25) is 0 Å². The first-order chi connectivity index (χ1) is 6.95. The Hall–Kier alpha value is -0.530. The molecule has 0 N–H and O–H groups in total. The molecule has 0 saturated heterocycles. The predicted octanol–water partition coefficient (Wildman–Crippen LogP) is 2.91. The highest BCUT2D eigenvalue weighted by atomic mass is 16.5. The predicted molar refractivity (Wildman–Crippen MR) is 50.0 cm³/mol. The lowest BCUT2D eigenvalue weighted by molar-refractivity contribution is -0.143. The molecule has 0 fully saturated rings. The lowest BCUT2D eigenvalue weighted by Gasteiger charge is -2.02.